The molecular formula is C21H28N2O4. The summed E-state index contributed by atoms with van der Waals surface area (Å²) >= 11 is 0. The summed E-state index contributed by atoms with van der Waals surface area (Å²) in [5.74, 6) is 0.394. The number of amides is 3. The molecule has 0 bridgehead atoms. The number of ether oxygens (including phenoxy) is 1. The third-order valence-corrected chi connectivity index (χ3v) is 5.66. The number of para-hydroxylation sites is 1. The maximum Gasteiger partial charge on any atom is 0.332 e. The Morgan fingerprint density at radius 3 is 2.56 bits per heavy atom. The number of hydrogen-bond acceptors (Lipinski definition) is 4. The van der Waals surface area contributed by atoms with E-state index in [0.717, 1.165) is 24.2 Å². The van der Waals surface area contributed by atoms with Gasteiger partial charge in [-0.2, -0.15) is 0 Å². The second kappa shape index (κ2) is 8.11. The van der Waals surface area contributed by atoms with Crippen molar-refractivity contribution in [1.82, 2.24) is 4.90 Å². The van der Waals surface area contributed by atoms with Crippen LogP contribution in [0.25, 0.3) is 0 Å². The molecule has 0 spiro atoms. The summed E-state index contributed by atoms with van der Waals surface area (Å²) in [6.45, 7) is 6.09. The first kappa shape index (κ1) is 19.4. The number of carbonyl (C=O) groups excluding carboxylic acids is 3. The van der Waals surface area contributed by atoms with Crippen molar-refractivity contribution in [1.29, 1.82) is 0 Å². The smallest absolute Gasteiger partial charge is 0.332 e. The van der Waals surface area contributed by atoms with Crippen LogP contribution in [0, 0.1) is 17.8 Å². The van der Waals surface area contributed by atoms with Crippen LogP contribution in [0.2, 0.25) is 0 Å². The summed E-state index contributed by atoms with van der Waals surface area (Å²) in [6.07, 6.45) is 2.89. The summed E-state index contributed by atoms with van der Waals surface area (Å²) in [5, 5.41) is 0. The van der Waals surface area contributed by atoms with Gasteiger partial charge in [0.25, 0.3) is 5.91 Å². The van der Waals surface area contributed by atoms with Gasteiger partial charge < -0.3 is 4.74 Å². The Bertz CT molecular complexity index is 703. The fourth-order valence-corrected chi connectivity index (χ4v) is 4.09. The molecule has 1 heterocycles. The molecule has 3 rings (SSSR count). The number of nitrogens with zero attached hydrogens (tertiary/aromatic N) is 2. The molecule has 0 N–H and O–H groups in total. The fourth-order valence-electron chi connectivity index (χ4n) is 4.09. The van der Waals surface area contributed by atoms with E-state index in [9.17, 15) is 14.4 Å². The molecule has 1 aromatic rings. The number of hydrogen-bond donors (Lipinski definition) is 0. The largest absolute Gasteiger partial charge is 0.461 e. The maximum absolute atomic E-state index is 12.6. The topological polar surface area (TPSA) is 66.9 Å². The van der Waals surface area contributed by atoms with Crippen molar-refractivity contribution in [2.75, 3.05) is 18.0 Å². The van der Waals surface area contributed by atoms with E-state index in [1.54, 1.807) is 24.3 Å². The lowest BCUT2D eigenvalue weighted by Gasteiger charge is -2.36. The van der Waals surface area contributed by atoms with Crippen molar-refractivity contribution in [2.24, 2.45) is 17.8 Å². The fraction of sp³-hybridized carbons (Fsp3) is 0.571. The molecule has 0 aromatic heterocycles. The highest BCUT2D eigenvalue weighted by molar-refractivity contribution is 6.13. The van der Waals surface area contributed by atoms with E-state index in [-0.39, 0.29) is 25.1 Å². The first-order valence-corrected chi connectivity index (χ1v) is 9.73. The Morgan fingerprint density at radius 1 is 1.19 bits per heavy atom. The van der Waals surface area contributed by atoms with Crippen molar-refractivity contribution in [2.45, 2.75) is 46.1 Å². The summed E-state index contributed by atoms with van der Waals surface area (Å²) in [4.78, 5) is 39.7. The first-order chi connectivity index (χ1) is 12.9. The minimum atomic E-state index is -0.503. The first-order valence-electron chi connectivity index (χ1n) is 9.73. The third kappa shape index (κ3) is 4.31. The maximum atomic E-state index is 12.6. The number of urea groups is 1. The molecule has 2 aliphatic rings. The van der Waals surface area contributed by atoms with E-state index in [1.807, 2.05) is 6.07 Å². The van der Waals surface area contributed by atoms with Crippen molar-refractivity contribution < 1.29 is 19.1 Å². The van der Waals surface area contributed by atoms with Crippen molar-refractivity contribution in [3.63, 3.8) is 0 Å². The number of rotatable bonds is 5. The predicted octanol–water partition coefficient (Wildman–Crippen LogP) is 3.46. The number of benzene rings is 1. The molecule has 0 radical (unpaired) electrons. The molecule has 6 heteroatoms. The summed E-state index contributed by atoms with van der Waals surface area (Å²) in [6, 6.07) is 8.52. The minimum absolute atomic E-state index is 0.0504. The third-order valence-electron chi connectivity index (χ3n) is 5.66. The van der Waals surface area contributed by atoms with E-state index in [0.29, 0.717) is 23.4 Å². The molecule has 1 saturated carbocycles. The quantitative estimate of drug-likeness (QED) is 0.586. The Hall–Kier alpha value is -2.37. The van der Waals surface area contributed by atoms with Crippen LogP contribution in [0.1, 0.15) is 40.0 Å². The lowest BCUT2D eigenvalue weighted by Crippen LogP contribution is -2.41. The Kier molecular flexibility index (Phi) is 5.82. The van der Waals surface area contributed by atoms with Gasteiger partial charge in [0, 0.05) is 5.69 Å². The van der Waals surface area contributed by atoms with Crippen LogP contribution in [0.3, 0.4) is 0 Å². The van der Waals surface area contributed by atoms with Gasteiger partial charge >= 0.3 is 12.0 Å². The molecule has 1 saturated heterocycles. The molecule has 3 amide bonds. The number of carbonyl (C=O) groups is 3. The van der Waals surface area contributed by atoms with Gasteiger partial charge in [0.2, 0.25) is 0 Å². The molecular weight excluding hydrogens is 344 g/mol. The highest BCUT2D eigenvalue weighted by atomic mass is 16.5. The van der Waals surface area contributed by atoms with Crippen molar-refractivity contribution in [3.8, 4) is 0 Å². The lowest BCUT2D eigenvalue weighted by molar-refractivity contribution is -0.158. The molecule has 146 valence electrons. The van der Waals surface area contributed by atoms with Crippen LogP contribution >= 0.6 is 0 Å². The molecule has 6 nitrogen and oxygen atoms in total. The average molecular weight is 372 g/mol. The van der Waals surface area contributed by atoms with Gasteiger partial charge in [0.15, 0.2) is 0 Å². The Morgan fingerprint density at radius 2 is 1.89 bits per heavy atom. The summed E-state index contributed by atoms with van der Waals surface area (Å²) in [7, 11) is 0. The highest BCUT2D eigenvalue weighted by Gasteiger charge is 2.39. The Balaban J connectivity index is 1.63. The average Bonchev–Trinajstić information content (AvgIpc) is 2.90. The second-order valence-corrected chi connectivity index (χ2v) is 8.04. The van der Waals surface area contributed by atoms with Crippen LogP contribution in [0.15, 0.2) is 30.3 Å². The van der Waals surface area contributed by atoms with E-state index >= 15 is 0 Å². The molecule has 27 heavy (non-hydrogen) atoms. The van der Waals surface area contributed by atoms with Gasteiger partial charge in [-0.1, -0.05) is 45.4 Å². The highest BCUT2D eigenvalue weighted by Crippen LogP contribution is 2.35. The standard InChI is InChI=1S/C21H28N2O4/c1-14(2)17-10-9-15(3)11-18(17)27-20(25)13-23-19(24)12-22(21(23)26)16-7-5-4-6-8-16/h4-8,14-15,17-18H,9-13H2,1-3H3/t15-,17-,18+/m1/s1. The van der Waals surface area contributed by atoms with E-state index in [1.165, 1.54) is 4.90 Å². The number of imide groups is 1. The molecule has 0 unspecified atom stereocenters. The lowest BCUT2D eigenvalue weighted by atomic mass is 9.75. The van der Waals surface area contributed by atoms with Crippen LogP contribution < -0.4 is 4.90 Å². The van der Waals surface area contributed by atoms with E-state index < -0.39 is 12.0 Å². The van der Waals surface area contributed by atoms with E-state index in [4.69, 9.17) is 4.74 Å². The summed E-state index contributed by atoms with van der Waals surface area (Å²) in [5.41, 5.74) is 0.646. The molecule has 1 aliphatic carbocycles. The van der Waals surface area contributed by atoms with Gasteiger partial charge in [-0.25, -0.2) is 4.79 Å². The Labute approximate surface area is 160 Å². The van der Waals surface area contributed by atoms with Crippen molar-refractivity contribution >= 4 is 23.6 Å². The summed E-state index contributed by atoms with van der Waals surface area (Å²) < 4.78 is 5.73. The molecule has 3 atom stereocenters. The SMILES string of the molecule is CC(C)[C@H]1CC[C@@H](C)C[C@@H]1OC(=O)CN1C(=O)CN(c2ccccc2)C1=O. The minimum Gasteiger partial charge on any atom is -0.461 e. The molecule has 2 fully saturated rings. The van der Waals surface area contributed by atoms with Crippen LogP contribution in [-0.4, -0.2) is 42.0 Å². The van der Waals surface area contributed by atoms with Crippen LogP contribution in [0.4, 0.5) is 10.5 Å². The van der Waals surface area contributed by atoms with Crippen LogP contribution in [0.5, 0.6) is 0 Å². The zero-order valence-corrected chi connectivity index (χ0v) is 16.3. The van der Waals surface area contributed by atoms with Gasteiger partial charge in [-0.15, -0.1) is 0 Å². The monoisotopic (exact) mass is 372 g/mol. The second-order valence-electron chi connectivity index (χ2n) is 8.04. The zero-order valence-electron chi connectivity index (χ0n) is 16.3. The van der Waals surface area contributed by atoms with Gasteiger partial charge in [-0.05, 0) is 42.7 Å². The van der Waals surface area contributed by atoms with Gasteiger partial charge in [-0.3, -0.25) is 19.4 Å². The molecule has 1 aliphatic heterocycles. The van der Waals surface area contributed by atoms with Gasteiger partial charge in [0.05, 0.1) is 0 Å². The van der Waals surface area contributed by atoms with Gasteiger partial charge in [0.1, 0.15) is 19.2 Å². The zero-order chi connectivity index (χ0) is 19.6. The van der Waals surface area contributed by atoms with Crippen LogP contribution in [-0.2, 0) is 14.3 Å². The predicted molar refractivity (Wildman–Crippen MR) is 102 cm³/mol. The molecule has 1 aromatic carbocycles. The number of esters is 1. The van der Waals surface area contributed by atoms with E-state index in [2.05, 4.69) is 20.8 Å². The number of anilines is 1. The van der Waals surface area contributed by atoms with Crippen molar-refractivity contribution in [3.05, 3.63) is 30.3 Å². The normalized spacial score (nSPS) is 26.0.